The summed E-state index contributed by atoms with van der Waals surface area (Å²) < 4.78 is 0. The van der Waals surface area contributed by atoms with Crippen molar-refractivity contribution in [1.29, 1.82) is 0 Å². The lowest BCUT2D eigenvalue weighted by atomic mass is 10.2. The van der Waals surface area contributed by atoms with Gasteiger partial charge in [0, 0.05) is 0 Å². The van der Waals surface area contributed by atoms with Crippen molar-refractivity contribution in [1.82, 2.24) is 4.90 Å². The fourth-order valence-electron chi connectivity index (χ4n) is 1.66. The molecule has 5 nitrogen and oxygen atoms in total. The maximum Gasteiger partial charge on any atom is 0.320 e. The smallest absolute Gasteiger partial charge is 0.320 e. The van der Waals surface area contributed by atoms with Gasteiger partial charge < -0.3 is 10.2 Å². The van der Waals surface area contributed by atoms with Crippen LogP contribution in [0.15, 0.2) is 0 Å². The molecule has 0 aromatic carbocycles. The fraction of sp³-hybridized carbons (Fsp3) is 0.750. The lowest BCUT2D eigenvalue weighted by molar-refractivity contribution is -0.148. The van der Waals surface area contributed by atoms with Crippen LogP contribution in [0.25, 0.3) is 0 Å². The van der Waals surface area contributed by atoms with Gasteiger partial charge in [-0.2, -0.15) is 0 Å². The predicted molar refractivity (Wildman–Crippen MR) is 44.5 cm³/mol. The average Bonchev–Trinajstić information content (AvgIpc) is 2.50. The molecule has 2 N–H and O–H groups in total. The van der Waals surface area contributed by atoms with E-state index in [2.05, 4.69) is 0 Å². The number of hydrogen-bond acceptors (Lipinski definition) is 3. The largest absolute Gasteiger partial charge is 0.480 e. The van der Waals surface area contributed by atoms with Gasteiger partial charge in [-0.1, -0.05) is 0 Å². The maximum absolute atomic E-state index is 10.7. The quantitative estimate of drug-likeness (QED) is 0.650. The second-order valence-electron chi connectivity index (χ2n) is 3.25. The highest BCUT2D eigenvalue weighted by atomic mass is 16.4. The molecule has 0 aliphatic carbocycles. The summed E-state index contributed by atoms with van der Waals surface area (Å²) in [5.74, 6) is -1.89. The van der Waals surface area contributed by atoms with E-state index in [1.54, 1.807) is 0 Å². The Morgan fingerprint density at radius 1 is 1.46 bits per heavy atom. The summed E-state index contributed by atoms with van der Waals surface area (Å²) in [5, 5.41) is 17.5. The molecule has 0 amide bonds. The third-order valence-electron chi connectivity index (χ3n) is 2.43. The summed E-state index contributed by atoms with van der Waals surface area (Å²) in [6.07, 6.45) is 1.31. The van der Waals surface area contributed by atoms with Crippen LogP contribution in [0, 0.1) is 0 Å². The summed E-state index contributed by atoms with van der Waals surface area (Å²) in [5.41, 5.74) is 0. The molecule has 1 aliphatic heterocycles. The van der Waals surface area contributed by atoms with Gasteiger partial charge in [0.25, 0.3) is 0 Å². The number of rotatable bonds is 3. The minimum absolute atomic E-state index is 0.549. The predicted octanol–water partition coefficient (Wildman–Crippen LogP) is 0.00850. The Hall–Kier alpha value is -1.10. The molecule has 0 bridgehead atoms. The van der Waals surface area contributed by atoms with Crippen molar-refractivity contribution in [2.24, 2.45) is 0 Å². The number of hydrogen-bond donors (Lipinski definition) is 2. The SMILES string of the molecule is CC(C(=O)O)N1CCCC1C(=O)O. The average molecular weight is 187 g/mol. The standard InChI is InChI=1S/C8H13NO4/c1-5(7(10)11)9-4-2-3-6(9)8(12)13/h5-6H,2-4H2,1H3,(H,10,11)(H,12,13). The second-order valence-corrected chi connectivity index (χ2v) is 3.25. The molecular formula is C8H13NO4. The molecule has 2 unspecified atom stereocenters. The van der Waals surface area contributed by atoms with Crippen molar-refractivity contribution < 1.29 is 19.8 Å². The van der Waals surface area contributed by atoms with E-state index in [9.17, 15) is 9.59 Å². The molecule has 2 atom stereocenters. The molecule has 74 valence electrons. The van der Waals surface area contributed by atoms with Crippen LogP contribution < -0.4 is 0 Å². The van der Waals surface area contributed by atoms with Crippen LogP contribution in [0.1, 0.15) is 19.8 Å². The van der Waals surface area contributed by atoms with Gasteiger partial charge in [0.2, 0.25) is 0 Å². The number of carboxylic acid groups (broad SMARTS) is 2. The second kappa shape index (κ2) is 3.74. The summed E-state index contributed by atoms with van der Waals surface area (Å²) in [7, 11) is 0. The van der Waals surface area contributed by atoms with Crippen molar-refractivity contribution in [2.45, 2.75) is 31.8 Å². The lowest BCUT2D eigenvalue weighted by Gasteiger charge is -2.24. The highest BCUT2D eigenvalue weighted by Gasteiger charge is 2.36. The van der Waals surface area contributed by atoms with Crippen LogP contribution in [-0.2, 0) is 9.59 Å². The molecule has 13 heavy (non-hydrogen) atoms. The van der Waals surface area contributed by atoms with E-state index in [0.29, 0.717) is 13.0 Å². The van der Waals surface area contributed by atoms with E-state index < -0.39 is 24.0 Å². The first-order valence-corrected chi connectivity index (χ1v) is 4.25. The molecule has 0 aromatic rings. The highest BCUT2D eigenvalue weighted by Crippen LogP contribution is 2.20. The molecule has 0 radical (unpaired) electrons. The van der Waals surface area contributed by atoms with Gasteiger partial charge in [-0.3, -0.25) is 14.5 Å². The molecule has 0 spiro atoms. The molecule has 0 saturated carbocycles. The highest BCUT2D eigenvalue weighted by molar-refractivity contribution is 5.77. The van der Waals surface area contributed by atoms with Gasteiger partial charge >= 0.3 is 11.9 Å². The van der Waals surface area contributed by atoms with Crippen molar-refractivity contribution in [2.75, 3.05) is 6.54 Å². The van der Waals surface area contributed by atoms with E-state index in [1.165, 1.54) is 11.8 Å². The van der Waals surface area contributed by atoms with Crippen molar-refractivity contribution in [3.63, 3.8) is 0 Å². The molecule has 5 heteroatoms. The minimum Gasteiger partial charge on any atom is -0.480 e. The first kappa shape index (κ1) is 9.98. The zero-order valence-corrected chi connectivity index (χ0v) is 7.43. The van der Waals surface area contributed by atoms with Crippen LogP contribution in [-0.4, -0.2) is 45.7 Å². The minimum atomic E-state index is -0.965. The Balaban J connectivity index is 2.68. The molecule has 1 heterocycles. The number of aliphatic carboxylic acids is 2. The van der Waals surface area contributed by atoms with Crippen LogP contribution in [0.2, 0.25) is 0 Å². The van der Waals surface area contributed by atoms with Crippen molar-refractivity contribution in [3.05, 3.63) is 0 Å². The molecular weight excluding hydrogens is 174 g/mol. The van der Waals surface area contributed by atoms with E-state index in [4.69, 9.17) is 10.2 Å². The van der Waals surface area contributed by atoms with Gasteiger partial charge in [-0.15, -0.1) is 0 Å². The lowest BCUT2D eigenvalue weighted by Crippen LogP contribution is -2.45. The molecule has 0 aromatic heterocycles. The molecule has 1 saturated heterocycles. The number of likely N-dealkylation sites (tertiary alicyclic amines) is 1. The maximum atomic E-state index is 10.7. The molecule has 1 aliphatic rings. The van der Waals surface area contributed by atoms with Crippen molar-refractivity contribution in [3.8, 4) is 0 Å². The monoisotopic (exact) mass is 187 g/mol. The number of nitrogens with zero attached hydrogens (tertiary/aromatic N) is 1. The topological polar surface area (TPSA) is 77.8 Å². The summed E-state index contributed by atoms with van der Waals surface area (Å²) in [6.45, 7) is 2.08. The zero-order chi connectivity index (χ0) is 10.0. The normalized spacial score (nSPS) is 25.8. The number of carbonyl (C=O) groups is 2. The Kier molecular flexibility index (Phi) is 2.87. The van der Waals surface area contributed by atoms with Crippen LogP contribution in [0.3, 0.4) is 0 Å². The Morgan fingerprint density at radius 2 is 2.08 bits per heavy atom. The third kappa shape index (κ3) is 1.98. The number of carboxylic acids is 2. The Labute approximate surface area is 76.0 Å². The van der Waals surface area contributed by atoms with Gasteiger partial charge in [-0.25, -0.2) is 0 Å². The van der Waals surface area contributed by atoms with E-state index in [-0.39, 0.29) is 0 Å². The molecule has 1 fully saturated rings. The van der Waals surface area contributed by atoms with Crippen molar-refractivity contribution >= 4 is 11.9 Å². The Morgan fingerprint density at radius 3 is 2.54 bits per heavy atom. The summed E-state index contributed by atoms with van der Waals surface area (Å²) >= 11 is 0. The van der Waals surface area contributed by atoms with Gasteiger partial charge in [0.15, 0.2) is 0 Å². The van der Waals surface area contributed by atoms with Crippen LogP contribution in [0.5, 0.6) is 0 Å². The van der Waals surface area contributed by atoms with Gasteiger partial charge in [-0.05, 0) is 26.3 Å². The molecule has 1 rings (SSSR count). The van der Waals surface area contributed by atoms with E-state index >= 15 is 0 Å². The van der Waals surface area contributed by atoms with Gasteiger partial charge in [0.1, 0.15) is 12.1 Å². The van der Waals surface area contributed by atoms with E-state index in [1.807, 2.05) is 0 Å². The summed E-state index contributed by atoms with van der Waals surface area (Å²) in [4.78, 5) is 22.8. The van der Waals surface area contributed by atoms with Crippen LogP contribution >= 0.6 is 0 Å². The van der Waals surface area contributed by atoms with Crippen LogP contribution in [0.4, 0.5) is 0 Å². The zero-order valence-electron chi connectivity index (χ0n) is 7.43. The third-order valence-corrected chi connectivity index (χ3v) is 2.43. The first-order valence-electron chi connectivity index (χ1n) is 4.25. The van der Waals surface area contributed by atoms with E-state index in [0.717, 1.165) is 6.42 Å². The van der Waals surface area contributed by atoms with Gasteiger partial charge in [0.05, 0.1) is 0 Å². The fourth-order valence-corrected chi connectivity index (χ4v) is 1.66. The Bertz CT molecular complexity index is 228. The summed E-state index contributed by atoms with van der Waals surface area (Å²) in [6, 6.07) is -1.32. The first-order chi connectivity index (χ1) is 6.04.